The lowest BCUT2D eigenvalue weighted by Crippen LogP contribution is -2.38. The van der Waals surface area contributed by atoms with Gasteiger partial charge in [-0.25, -0.2) is 0 Å². The maximum absolute atomic E-state index is 12.9. The first kappa shape index (κ1) is 17.1. The first-order chi connectivity index (χ1) is 12.2. The lowest BCUT2D eigenvalue weighted by Gasteiger charge is -2.28. The van der Waals surface area contributed by atoms with Gasteiger partial charge in [-0.2, -0.15) is 0 Å². The van der Waals surface area contributed by atoms with Gasteiger partial charge in [-0.3, -0.25) is 9.59 Å². The summed E-state index contributed by atoms with van der Waals surface area (Å²) in [4.78, 5) is 31.9. The van der Waals surface area contributed by atoms with Gasteiger partial charge in [0.2, 0.25) is 5.91 Å². The molecule has 1 aliphatic carbocycles. The van der Waals surface area contributed by atoms with Gasteiger partial charge in [0.15, 0.2) is 0 Å². The highest BCUT2D eigenvalue weighted by molar-refractivity contribution is 7.14. The predicted molar refractivity (Wildman–Crippen MR) is 100 cm³/mol. The molecule has 4 nitrogen and oxygen atoms in total. The molecule has 0 radical (unpaired) electrons. The molecule has 0 unspecified atom stereocenters. The Balaban J connectivity index is 1.44. The quantitative estimate of drug-likeness (QED) is 0.810. The Morgan fingerprint density at radius 2 is 1.56 bits per heavy atom. The van der Waals surface area contributed by atoms with Crippen LogP contribution < -0.4 is 0 Å². The predicted octanol–water partition coefficient (Wildman–Crippen LogP) is 3.49. The van der Waals surface area contributed by atoms with Crippen molar-refractivity contribution in [3.8, 4) is 0 Å². The number of aryl methyl sites for hydroxylation is 1. The van der Waals surface area contributed by atoms with Crippen molar-refractivity contribution < 1.29 is 9.59 Å². The standard InChI is InChI=1S/C20H28N2O2S/c23-19(21-9-3-1-2-4-10-21)15-7-8-17-16(13-15)14-18(25-17)20(24)22-11-5-6-12-22/h14-15H,1-13H2/t15-/m1/s1. The summed E-state index contributed by atoms with van der Waals surface area (Å²) >= 11 is 1.67. The Hall–Kier alpha value is -1.36. The fourth-order valence-electron chi connectivity index (χ4n) is 4.47. The normalized spacial score (nSPS) is 24.1. The number of nitrogens with zero attached hydrogens (tertiary/aromatic N) is 2. The van der Waals surface area contributed by atoms with Crippen molar-refractivity contribution in [3.63, 3.8) is 0 Å². The Bertz CT molecular complexity index is 640. The van der Waals surface area contributed by atoms with Crippen LogP contribution in [0.25, 0.3) is 0 Å². The Morgan fingerprint density at radius 1 is 0.920 bits per heavy atom. The number of carbonyl (C=O) groups is 2. The van der Waals surface area contributed by atoms with Gasteiger partial charge < -0.3 is 9.80 Å². The topological polar surface area (TPSA) is 40.6 Å². The van der Waals surface area contributed by atoms with Crippen LogP contribution in [-0.2, 0) is 17.6 Å². The van der Waals surface area contributed by atoms with Crippen LogP contribution in [0.2, 0.25) is 0 Å². The Morgan fingerprint density at radius 3 is 2.28 bits per heavy atom. The van der Waals surface area contributed by atoms with Crippen LogP contribution in [-0.4, -0.2) is 47.8 Å². The van der Waals surface area contributed by atoms with Crippen molar-refractivity contribution in [3.05, 3.63) is 21.4 Å². The summed E-state index contributed by atoms with van der Waals surface area (Å²) in [7, 11) is 0. The van der Waals surface area contributed by atoms with Gasteiger partial charge in [0.05, 0.1) is 4.88 Å². The first-order valence-electron chi connectivity index (χ1n) is 9.92. The van der Waals surface area contributed by atoms with Crippen molar-refractivity contribution >= 4 is 23.2 Å². The third-order valence-electron chi connectivity index (χ3n) is 5.95. The summed E-state index contributed by atoms with van der Waals surface area (Å²) in [5, 5.41) is 0. The SMILES string of the molecule is O=C(c1cc2c(s1)CC[C@@H](C(=O)N1CCCCCC1)C2)N1CCCC1. The lowest BCUT2D eigenvalue weighted by atomic mass is 9.87. The van der Waals surface area contributed by atoms with E-state index in [2.05, 4.69) is 11.0 Å². The van der Waals surface area contributed by atoms with Crippen molar-refractivity contribution in [1.82, 2.24) is 9.80 Å². The zero-order valence-electron chi connectivity index (χ0n) is 15.0. The number of likely N-dealkylation sites (tertiary alicyclic amines) is 2. The molecule has 0 aromatic carbocycles. The minimum atomic E-state index is 0.120. The zero-order valence-corrected chi connectivity index (χ0v) is 15.8. The molecule has 5 heteroatoms. The van der Waals surface area contributed by atoms with E-state index < -0.39 is 0 Å². The summed E-state index contributed by atoms with van der Waals surface area (Å²) in [6.07, 6.45) is 9.79. The molecular weight excluding hydrogens is 332 g/mol. The maximum atomic E-state index is 12.9. The molecule has 1 aromatic rings. The molecule has 2 fully saturated rings. The van der Waals surface area contributed by atoms with E-state index in [1.807, 2.05) is 4.90 Å². The summed E-state index contributed by atoms with van der Waals surface area (Å²) in [6, 6.07) is 2.09. The van der Waals surface area contributed by atoms with Gasteiger partial charge in [-0.15, -0.1) is 11.3 Å². The molecule has 2 amide bonds. The van der Waals surface area contributed by atoms with Crippen LogP contribution in [0.5, 0.6) is 0 Å². The van der Waals surface area contributed by atoms with E-state index in [4.69, 9.17) is 0 Å². The second-order valence-electron chi connectivity index (χ2n) is 7.74. The zero-order chi connectivity index (χ0) is 17.2. The van der Waals surface area contributed by atoms with Crippen LogP contribution in [0.15, 0.2) is 6.07 Å². The molecule has 2 saturated heterocycles. The summed E-state index contributed by atoms with van der Waals surface area (Å²) in [6.45, 7) is 3.67. The van der Waals surface area contributed by atoms with Crippen LogP contribution in [0.4, 0.5) is 0 Å². The number of amides is 2. The minimum absolute atomic E-state index is 0.120. The molecule has 1 atom stereocenters. The highest BCUT2D eigenvalue weighted by atomic mass is 32.1. The largest absolute Gasteiger partial charge is 0.342 e. The Labute approximate surface area is 154 Å². The van der Waals surface area contributed by atoms with E-state index >= 15 is 0 Å². The van der Waals surface area contributed by atoms with Crippen LogP contribution >= 0.6 is 11.3 Å². The fraction of sp³-hybridized carbons (Fsp3) is 0.700. The molecule has 0 spiro atoms. The molecule has 1 aromatic heterocycles. The molecule has 4 rings (SSSR count). The monoisotopic (exact) mass is 360 g/mol. The average molecular weight is 361 g/mol. The van der Waals surface area contributed by atoms with Crippen molar-refractivity contribution in [2.75, 3.05) is 26.2 Å². The van der Waals surface area contributed by atoms with E-state index in [0.29, 0.717) is 5.91 Å². The van der Waals surface area contributed by atoms with Gasteiger partial charge >= 0.3 is 0 Å². The van der Waals surface area contributed by atoms with E-state index in [-0.39, 0.29) is 11.8 Å². The second kappa shape index (κ2) is 7.48. The minimum Gasteiger partial charge on any atom is -0.342 e. The van der Waals surface area contributed by atoms with Crippen molar-refractivity contribution in [2.24, 2.45) is 5.92 Å². The van der Waals surface area contributed by atoms with E-state index in [0.717, 1.165) is 76.0 Å². The molecule has 3 aliphatic rings. The van der Waals surface area contributed by atoms with Crippen molar-refractivity contribution in [2.45, 2.75) is 57.8 Å². The van der Waals surface area contributed by atoms with Crippen LogP contribution in [0.1, 0.15) is 65.1 Å². The average Bonchev–Trinajstić information content (AvgIpc) is 3.23. The molecule has 3 heterocycles. The smallest absolute Gasteiger partial charge is 0.263 e. The molecule has 136 valence electrons. The first-order valence-corrected chi connectivity index (χ1v) is 10.7. The number of hydrogen-bond donors (Lipinski definition) is 0. The molecule has 2 aliphatic heterocycles. The number of carbonyl (C=O) groups excluding carboxylic acids is 2. The summed E-state index contributed by atoms with van der Waals surface area (Å²) in [5.74, 6) is 0.674. The lowest BCUT2D eigenvalue weighted by molar-refractivity contribution is -0.135. The van der Waals surface area contributed by atoms with Gasteiger partial charge in [0.25, 0.3) is 5.91 Å². The number of rotatable bonds is 2. The highest BCUT2D eigenvalue weighted by Crippen LogP contribution is 2.34. The summed E-state index contributed by atoms with van der Waals surface area (Å²) < 4.78 is 0. The number of hydrogen-bond acceptors (Lipinski definition) is 3. The fourth-order valence-corrected chi connectivity index (χ4v) is 5.64. The summed E-state index contributed by atoms with van der Waals surface area (Å²) in [5.41, 5.74) is 1.26. The molecule has 0 bridgehead atoms. The van der Waals surface area contributed by atoms with Gasteiger partial charge in [-0.05, 0) is 56.6 Å². The van der Waals surface area contributed by atoms with Gasteiger partial charge in [0, 0.05) is 37.0 Å². The molecule has 0 saturated carbocycles. The molecule has 25 heavy (non-hydrogen) atoms. The number of thiophene rings is 1. The van der Waals surface area contributed by atoms with Crippen molar-refractivity contribution in [1.29, 1.82) is 0 Å². The number of fused-ring (bicyclic) bond motifs is 1. The van der Waals surface area contributed by atoms with Gasteiger partial charge in [-0.1, -0.05) is 12.8 Å². The molecular formula is C20H28N2O2S. The van der Waals surface area contributed by atoms with Gasteiger partial charge in [0.1, 0.15) is 0 Å². The van der Waals surface area contributed by atoms with E-state index in [1.54, 1.807) is 11.3 Å². The third-order valence-corrected chi connectivity index (χ3v) is 7.18. The highest BCUT2D eigenvalue weighted by Gasteiger charge is 2.31. The van der Waals surface area contributed by atoms with E-state index in [9.17, 15) is 9.59 Å². The molecule has 0 N–H and O–H groups in total. The van der Waals surface area contributed by atoms with E-state index in [1.165, 1.54) is 23.3 Å². The third kappa shape index (κ3) is 3.62. The maximum Gasteiger partial charge on any atom is 0.263 e. The van der Waals surface area contributed by atoms with Crippen LogP contribution in [0, 0.1) is 5.92 Å². The van der Waals surface area contributed by atoms with Crippen LogP contribution in [0.3, 0.4) is 0 Å². The Kier molecular flexibility index (Phi) is 5.11. The second-order valence-corrected chi connectivity index (χ2v) is 8.87.